The minimum atomic E-state index is 0.104. The van der Waals surface area contributed by atoms with Crippen molar-refractivity contribution in [3.8, 4) is 0 Å². The number of hydrogen-bond donors (Lipinski definition) is 1. The molecule has 0 spiro atoms. The molecule has 2 atom stereocenters. The molecule has 3 nitrogen and oxygen atoms in total. The molecular weight excluding hydrogens is 176 g/mol. The molecule has 14 heavy (non-hydrogen) atoms. The van der Waals surface area contributed by atoms with Crippen LogP contribution in [0.25, 0.3) is 0 Å². The first-order valence-corrected chi connectivity index (χ1v) is 5.71. The zero-order valence-electron chi connectivity index (χ0n) is 9.33. The molecule has 2 saturated heterocycles. The third kappa shape index (κ3) is 2.47. The van der Waals surface area contributed by atoms with E-state index < -0.39 is 0 Å². The molecule has 2 aliphatic heterocycles. The van der Waals surface area contributed by atoms with E-state index in [2.05, 4.69) is 18.7 Å². The van der Waals surface area contributed by atoms with E-state index in [4.69, 9.17) is 10.5 Å². The van der Waals surface area contributed by atoms with Gasteiger partial charge in [-0.15, -0.1) is 0 Å². The summed E-state index contributed by atoms with van der Waals surface area (Å²) in [4.78, 5) is 2.44. The minimum Gasteiger partial charge on any atom is -0.371 e. The van der Waals surface area contributed by atoms with Crippen LogP contribution in [0, 0.1) is 0 Å². The molecule has 82 valence electrons. The largest absolute Gasteiger partial charge is 0.371 e. The third-order valence-electron chi connectivity index (χ3n) is 3.32. The summed E-state index contributed by atoms with van der Waals surface area (Å²) in [5.74, 6) is 0. The SMILES string of the molecule is CC1(C)CCC(CN2CCC(N)C2)O1. The van der Waals surface area contributed by atoms with Crippen molar-refractivity contribution < 1.29 is 4.74 Å². The van der Waals surface area contributed by atoms with Crippen molar-refractivity contribution in [1.29, 1.82) is 0 Å². The van der Waals surface area contributed by atoms with E-state index in [0.717, 1.165) is 26.1 Å². The average molecular weight is 198 g/mol. The molecule has 0 radical (unpaired) electrons. The lowest BCUT2D eigenvalue weighted by molar-refractivity contribution is -0.0263. The maximum absolute atomic E-state index is 5.96. The first-order valence-electron chi connectivity index (χ1n) is 5.71. The van der Waals surface area contributed by atoms with Gasteiger partial charge in [-0.1, -0.05) is 0 Å². The van der Waals surface area contributed by atoms with Crippen LogP contribution in [-0.4, -0.2) is 42.3 Å². The number of nitrogens with two attached hydrogens (primary N) is 1. The third-order valence-corrected chi connectivity index (χ3v) is 3.32. The number of nitrogens with zero attached hydrogens (tertiary/aromatic N) is 1. The summed E-state index contributed by atoms with van der Waals surface area (Å²) in [7, 11) is 0. The van der Waals surface area contributed by atoms with Crippen LogP contribution in [0.1, 0.15) is 33.1 Å². The highest BCUT2D eigenvalue weighted by atomic mass is 16.5. The zero-order valence-corrected chi connectivity index (χ0v) is 9.33. The van der Waals surface area contributed by atoms with Gasteiger partial charge < -0.3 is 10.5 Å². The Labute approximate surface area is 86.6 Å². The molecule has 0 aromatic heterocycles. The van der Waals surface area contributed by atoms with Crippen LogP contribution in [-0.2, 0) is 4.74 Å². The van der Waals surface area contributed by atoms with Crippen molar-refractivity contribution in [2.45, 2.75) is 50.9 Å². The lowest BCUT2D eigenvalue weighted by atomic mass is 10.1. The monoisotopic (exact) mass is 198 g/mol. The highest BCUT2D eigenvalue weighted by molar-refractivity contribution is 4.85. The van der Waals surface area contributed by atoms with Crippen molar-refractivity contribution in [2.24, 2.45) is 5.73 Å². The van der Waals surface area contributed by atoms with Crippen LogP contribution >= 0.6 is 0 Å². The van der Waals surface area contributed by atoms with Crippen molar-refractivity contribution in [3.63, 3.8) is 0 Å². The Kier molecular flexibility index (Phi) is 2.82. The Morgan fingerprint density at radius 3 is 2.71 bits per heavy atom. The van der Waals surface area contributed by atoms with E-state index in [-0.39, 0.29) is 5.60 Å². The van der Waals surface area contributed by atoms with Gasteiger partial charge in [0.05, 0.1) is 11.7 Å². The molecule has 0 aromatic rings. The Hall–Kier alpha value is -0.120. The van der Waals surface area contributed by atoms with Gasteiger partial charge in [-0.25, -0.2) is 0 Å². The van der Waals surface area contributed by atoms with E-state index in [1.165, 1.54) is 12.8 Å². The topological polar surface area (TPSA) is 38.5 Å². The number of rotatable bonds is 2. The molecule has 2 heterocycles. The van der Waals surface area contributed by atoms with Gasteiger partial charge >= 0.3 is 0 Å². The highest BCUT2D eigenvalue weighted by Crippen LogP contribution is 2.30. The highest BCUT2D eigenvalue weighted by Gasteiger charge is 2.33. The number of likely N-dealkylation sites (tertiary alicyclic amines) is 1. The summed E-state index contributed by atoms with van der Waals surface area (Å²) in [5, 5.41) is 0. The summed E-state index contributed by atoms with van der Waals surface area (Å²) in [6.07, 6.45) is 3.99. The normalized spacial score (nSPS) is 37.9. The molecule has 0 amide bonds. The molecule has 2 N–H and O–H groups in total. The number of ether oxygens (including phenoxy) is 1. The number of hydrogen-bond acceptors (Lipinski definition) is 3. The van der Waals surface area contributed by atoms with Gasteiger partial charge in [0, 0.05) is 19.1 Å². The molecule has 0 bridgehead atoms. The lowest BCUT2D eigenvalue weighted by Gasteiger charge is -2.23. The van der Waals surface area contributed by atoms with Crippen LogP contribution in [0.4, 0.5) is 0 Å². The second-order valence-corrected chi connectivity index (χ2v) is 5.35. The van der Waals surface area contributed by atoms with E-state index in [0.29, 0.717) is 12.1 Å². The zero-order chi connectivity index (χ0) is 10.2. The predicted octanol–water partition coefficient (Wildman–Crippen LogP) is 0.977. The summed E-state index contributed by atoms with van der Waals surface area (Å²) < 4.78 is 5.96. The van der Waals surface area contributed by atoms with E-state index in [1.54, 1.807) is 0 Å². The van der Waals surface area contributed by atoms with Gasteiger partial charge in [0.2, 0.25) is 0 Å². The second-order valence-electron chi connectivity index (χ2n) is 5.35. The van der Waals surface area contributed by atoms with Crippen LogP contribution in [0.2, 0.25) is 0 Å². The van der Waals surface area contributed by atoms with E-state index in [9.17, 15) is 0 Å². The first kappa shape index (κ1) is 10.4. The average Bonchev–Trinajstić information content (AvgIpc) is 2.59. The fourth-order valence-electron chi connectivity index (χ4n) is 2.52. The molecule has 0 aliphatic carbocycles. The van der Waals surface area contributed by atoms with Gasteiger partial charge in [0.1, 0.15) is 0 Å². The van der Waals surface area contributed by atoms with Crippen LogP contribution in [0.3, 0.4) is 0 Å². The maximum atomic E-state index is 5.96. The van der Waals surface area contributed by atoms with Crippen LogP contribution in [0.5, 0.6) is 0 Å². The summed E-state index contributed by atoms with van der Waals surface area (Å²) in [6.45, 7) is 7.66. The van der Waals surface area contributed by atoms with Gasteiger partial charge in [-0.05, 0) is 39.7 Å². The van der Waals surface area contributed by atoms with Crippen LogP contribution < -0.4 is 5.73 Å². The van der Waals surface area contributed by atoms with Gasteiger partial charge in [-0.3, -0.25) is 4.90 Å². The molecule has 3 heteroatoms. The van der Waals surface area contributed by atoms with Gasteiger partial charge in [0.15, 0.2) is 0 Å². The summed E-state index contributed by atoms with van der Waals surface area (Å²) >= 11 is 0. The van der Waals surface area contributed by atoms with E-state index >= 15 is 0 Å². The van der Waals surface area contributed by atoms with Crippen molar-refractivity contribution >= 4 is 0 Å². The second kappa shape index (κ2) is 3.80. The Morgan fingerprint density at radius 2 is 2.21 bits per heavy atom. The quantitative estimate of drug-likeness (QED) is 0.719. The smallest absolute Gasteiger partial charge is 0.0710 e. The Bertz CT molecular complexity index is 205. The molecular formula is C11H22N2O. The summed E-state index contributed by atoms with van der Waals surface area (Å²) in [6, 6.07) is 0.393. The molecule has 0 saturated carbocycles. The first-order chi connectivity index (χ1) is 6.55. The van der Waals surface area contributed by atoms with Crippen molar-refractivity contribution in [1.82, 2.24) is 4.90 Å². The molecule has 2 rings (SSSR count). The molecule has 2 aliphatic rings. The summed E-state index contributed by atoms with van der Waals surface area (Å²) in [5.41, 5.74) is 5.97. The van der Waals surface area contributed by atoms with E-state index in [1.807, 2.05) is 0 Å². The Morgan fingerprint density at radius 1 is 1.43 bits per heavy atom. The van der Waals surface area contributed by atoms with Crippen molar-refractivity contribution in [2.75, 3.05) is 19.6 Å². The van der Waals surface area contributed by atoms with Gasteiger partial charge in [-0.2, -0.15) is 0 Å². The fourth-order valence-corrected chi connectivity index (χ4v) is 2.52. The standard InChI is InChI=1S/C11H22N2O/c1-11(2)5-3-10(14-11)8-13-6-4-9(12)7-13/h9-10H,3-8,12H2,1-2H3. The molecule has 2 unspecified atom stereocenters. The lowest BCUT2D eigenvalue weighted by Crippen LogP contribution is -2.34. The maximum Gasteiger partial charge on any atom is 0.0710 e. The fraction of sp³-hybridized carbons (Fsp3) is 1.00. The predicted molar refractivity (Wildman–Crippen MR) is 57.2 cm³/mol. The van der Waals surface area contributed by atoms with Gasteiger partial charge in [0.25, 0.3) is 0 Å². The minimum absolute atomic E-state index is 0.104. The van der Waals surface area contributed by atoms with Crippen LogP contribution in [0.15, 0.2) is 0 Å². The molecule has 0 aromatic carbocycles. The Balaban J connectivity index is 1.76. The molecule has 2 fully saturated rings. The van der Waals surface area contributed by atoms with Crippen molar-refractivity contribution in [3.05, 3.63) is 0 Å².